The molecule has 2 aromatic heterocycles. The Balaban J connectivity index is 1.55. The number of fused-ring (bicyclic) bond motifs is 1. The fourth-order valence-electron chi connectivity index (χ4n) is 2.51. The van der Waals surface area contributed by atoms with Gasteiger partial charge in [0.2, 0.25) is 0 Å². The number of nitro groups is 1. The molecule has 2 heterocycles. The summed E-state index contributed by atoms with van der Waals surface area (Å²) in [5, 5.41) is 17.9. The molecule has 1 N–H and O–H groups in total. The highest BCUT2D eigenvalue weighted by atomic mass is 16.6. The maximum absolute atomic E-state index is 12.4. The summed E-state index contributed by atoms with van der Waals surface area (Å²) in [5.74, 6) is 0.344. The molecule has 128 valence electrons. The van der Waals surface area contributed by atoms with Crippen molar-refractivity contribution in [2.75, 3.05) is 5.32 Å². The Labute approximate surface area is 146 Å². The van der Waals surface area contributed by atoms with E-state index in [9.17, 15) is 14.9 Å². The van der Waals surface area contributed by atoms with Gasteiger partial charge >= 0.3 is 0 Å². The van der Waals surface area contributed by atoms with E-state index in [0.717, 1.165) is 0 Å². The lowest BCUT2D eigenvalue weighted by Gasteiger charge is -1.99. The quantitative estimate of drug-likeness (QED) is 0.435. The van der Waals surface area contributed by atoms with Crippen LogP contribution >= 0.6 is 0 Å². The Morgan fingerprint density at radius 2 is 1.81 bits per heavy atom. The molecule has 2 aromatic carbocycles. The molecule has 0 aliphatic heterocycles. The molecule has 0 saturated heterocycles. The number of anilines is 1. The van der Waals surface area contributed by atoms with Crippen LogP contribution < -0.4 is 5.32 Å². The van der Waals surface area contributed by atoms with Crippen molar-refractivity contribution < 1.29 is 18.7 Å². The predicted molar refractivity (Wildman–Crippen MR) is 92.8 cm³/mol. The monoisotopic (exact) mass is 349 g/mol. The van der Waals surface area contributed by atoms with Crippen molar-refractivity contribution >= 4 is 28.4 Å². The number of rotatable bonds is 4. The largest absolute Gasteiger partial charge is 0.451 e. The second-order valence-electron chi connectivity index (χ2n) is 5.45. The van der Waals surface area contributed by atoms with Gasteiger partial charge in [-0.15, -0.1) is 0 Å². The van der Waals surface area contributed by atoms with Crippen LogP contribution in [0.2, 0.25) is 0 Å². The molecule has 0 bridgehead atoms. The Morgan fingerprint density at radius 1 is 1.04 bits per heavy atom. The number of benzene rings is 2. The summed E-state index contributed by atoms with van der Waals surface area (Å²) in [6.07, 6.45) is 0. The molecule has 8 heteroatoms. The standard InChI is InChI=1S/C18H11N3O5/c22-18(19-17-13-3-1-2-4-15(13)26-20-17)16-10-9-14(25-16)11-5-7-12(8-6-11)21(23)24/h1-10H,(H,19,20,22). The van der Waals surface area contributed by atoms with Crippen molar-refractivity contribution in [3.05, 3.63) is 76.5 Å². The Bertz CT molecular complexity index is 1110. The first-order valence-electron chi connectivity index (χ1n) is 7.62. The van der Waals surface area contributed by atoms with E-state index in [1.54, 1.807) is 30.3 Å². The van der Waals surface area contributed by atoms with Crippen LogP contribution in [0.1, 0.15) is 10.6 Å². The minimum atomic E-state index is -0.479. The molecule has 0 unspecified atom stereocenters. The first-order chi connectivity index (χ1) is 12.6. The fraction of sp³-hybridized carbons (Fsp3) is 0. The first-order valence-corrected chi connectivity index (χ1v) is 7.62. The topological polar surface area (TPSA) is 111 Å². The van der Waals surface area contributed by atoms with Gasteiger partial charge < -0.3 is 14.3 Å². The second kappa shape index (κ2) is 6.17. The van der Waals surface area contributed by atoms with Crippen LogP contribution in [-0.2, 0) is 0 Å². The normalized spacial score (nSPS) is 10.8. The molecular formula is C18H11N3O5. The maximum atomic E-state index is 12.4. The van der Waals surface area contributed by atoms with Gasteiger partial charge in [0.05, 0.1) is 10.3 Å². The number of hydrogen-bond donors (Lipinski definition) is 1. The van der Waals surface area contributed by atoms with E-state index in [-0.39, 0.29) is 11.4 Å². The second-order valence-corrected chi connectivity index (χ2v) is 5.45. The summed E-state index contributed by atoms with van der Waals surface area (Å²) in [6.45, 7) is 0. The van der Waals surface area contributed by atoms with Gasteiger partial charge in [-0.1, -0.05) is 17.3 Å². The highest BCUT2D eigenvalue weighted by Crippen LogP contribution is 2.26. The van der Waals surface area contributed by atoms with Crippen LogP contribution in [0.5, 0.6) is 0 Å². The molecule has 0 fully saturated rings. The van der Waals surface area contributed by atoms with Crippen molar-refractivity contribution in [2.24, 2.45) is 0 Å². The third kappa shape index (κ3) is 2.80. The third-order valence-electron chi connectivity index (χ3n) is 3.80. The molecule has 0 radical (unpaired) electrons. The predicted octanol–water partition coefficient (Wildman–Crippen LogP) is 4.25. The van der Waals surface area contributed by atoms with E-state index in [4.69, 9.17) is 8.94 Å². The van der Waals surface area contributed by atoms with E-state index < -0.39 is 10.8 Å². The molecule has 0 atom stereocenters. The average molecular weight is 349 g/mol. The molecule has 26 heavy (non-hydrogen) atoms. The molecule has 0 spiro atoms. The van der Waals surface area contributed by atoms with Gasteiger partial charge in [0.1, 0.15) is 5.76 Å². The van der Waals surface area contributed by atoms with E-state index in [0.29, 0.717) is 28.1 Å². The Hall–Kier alpha value is -3.94. The first kappa shape index (κ1) is 15.6. The van der Waals surface area contributed by atoms with E-state index in [1.807, 2.05) is 12.1 Å². The summed E-state index contributed by atoms with van der Waals surface area (Å²) in [5.41, 5.74) is 1.17. The summed E-state index contributed by atoms with van der Waals surface area (Å²) >= 11 is 0. The van der Waals surface area contributed by atoms with Gasteiger partial charge in [-0.2, -0.15) is 0 Å². The summed E-state index contributed by atoms with van der Waals surface area (Å²) in [7, 11) is 0. The van der Waals surface area contributed by atoms with Crippen LogP contribution in [0.15, 0.2) is 69.6 Å². The van der Waals surface area contributed by atoms with Crippen LogP contribution in [0.3, 0.4) is 0 Å². The number of nitrogens with one attached hydrogen (secondary N) is 1. The van der Waals surface area contributed by atoms with Crippen LogP contribution in [0, 0.1) is 10.1 Å². The highest BCUT2D eigenvalue weighted by molar-refractivity contribution is 6.06. The van der Waals surface area contributed by atoms with E-state index in [1.165, 1.54) is 18.2 Å². The summed E-state index contributed by atoms with van der Waals surface area (Å²) < 4.78 is 10.7. The maximum Gasteiger partial charge on any atom is 0.292 e. The van der Waals surface area contributed by atoms with Gasteiger partial charge in [-0.25, -0.2) is 0 Å². The lowest BCUT2D eigenvalue weighted by atomic mass is 10.1. The van der Waals surface area contributed by atoms with Crippen LogP contribution in [0.25, 0.3) is 22.3 Å². The van der Waals surface area contributed by atoms with Crippen molar-refractivity contribution in [1.82, 2.24) is 5.16 Å². The molecule has 0 saturated carbocycles. The van der Waals surface area contributed by atoms with Crippen molar-refractivity contribution in [3.8, 4) is 11.3 Å². The number of carbonyl (C=O) groups is 1. The van der Waals surface area contributed by atoms with Crippen LogP contribution in [0.4, 0.5) is 11.5 Å². The molecular weight excluding hydrogens is 338 g/mol. The highest BCUT2D eigenvalue weighted by Gasteiger charge is 2.16. The molecule has 0 aliphatic rings. The number of hydrogen-bond acceptors (Lipinski definition) is 6. The summed E-state index contributed by atoms with van der Waals surface area (Å²) in [4.78, 5) is 22.6. The summed E-state index contributed by atoms with van der Waals surface area (Å²) in [6, 6.07) is 16.2. The zero-order valence-corrected chi connectivity index (χ0v) is 13.2. The van der Waals surface area contributed by atoms with Gasteiger partial charge in [0.15, 0.2) is 17.2 Å². The third-order valence-corrected chi connectivity index (χ3v) is 3.80. The number of nitro benzene ring substituents is 1. The van der Waals surface area contributed by atoms with E-state index >= 15 is 0 Å². The number of para-hydroxylation sites is 1. The number of aromatic nitrogens is 1. The van der Waals surface area contributed by atoms with Crippen molar-refractivity contribution in [3.63, 3.8) is 0 Å². The molecule has 1 amide bonds. The number of furan rings is 1. The van der Waals surface area contributed by atoms with E-state index in [2.05, 4.69) is 10.5 Å². The van der Waals surface area contributed by atoms with Gasteiger partial charge in [0, 0.05) is 17.7 Å². The lowest BCUT2D eigenvalue weighted by Crippen LogP contribution is -2.11. The number of non-ortho nitro benzene ring substituents is 1. The van der Waals surface area contributed by atoms with Gasteiger partial charge in [-0.3, -0.25) is 14.9 Å². The zero-order chi connectivity index (χ0) is 18.1. The zero-order valence-electron chi connectivity index (χ0n) is 13.2. The Morgan fingerprint density at radius 3 is 2.58 bits per heavy atom. The lowest BCUT2D eigenvalue weighted by molar-refractivity contribution is -0.384. The minimum Gasteiger partial charge on any atom is -0.451 e. The molecule has 4 rings (SSSR count). The minimum absolute atomic E-state index is 0.0174. The molecule has 0 aliphatic carbocycles. The van der Waals surface area contributed by atoms with Gasteiger partial charge in [0.25, 0.3) is 11.6 Å². The molecule has 4 aromatic rings. The SMILES string of the molecule is O=C(Nc1noc2ccccc12)c1ccc(-c2ccc([N+](=O)[O-])cc2)o1. The average Bonchev–Trinajstić information content (AvgIpc) is 3.30. The number of carbonyl (C=O) groups excluding carboxylic acids is 1. The molecule has 8 nitrogen and oxygen atoms in total. The van der Waals surface area contributed by atoms with Gasteiger partial charge in [-0.05, 0) is 36.4 Å². The Kier molecular flexibility index (Phi) is 3.70. The van der Waals surface area contributed by atoms with Crippen molar-refractivity contribution in [2.45, 2.75) is 0 Å². The van der Waals surface area contributed by atoms with Crippen molar-refractivity contribution in [1.29, 1.82) is 0 Å². The fourth-order valence-corrected chi connectivity index (χ4v) is 2.51. The van der Waals surface area contributed by atoms with Crippen LogP contribution in [-0.4, -0.2) is 16.0 Å². The number of nitrogens with zero attached hydrogens (tertiary/aromatic N) is 2. The number of amides is 1. The smallest absolute Gasteiger partial charge is 0.292 e.